The van der Waals surface area contributed by atoms with Crippen LogP contribution in [-0.2, 0) is 18.2 Å². The number of hydrogen-bond acceptors (Lipinski definition) is 5. The molecule has 5 nitrogen and oxygen atoms in total. The molecule has 0 aliphatic heterocycles. The van der Waals surface area contributed by atoms with Gasteiger partial charge in [0.1, 0.15) is 15.8 Å². The molecule has 0 spiro atoms. The molecule has 3 heterocycles. The number of benzene rings is 1. The molecule has 1 unspecified atom stereocenters. The molecular weight excluding hydrogens is 388 g/mol. The van der Waals surface area contributed by atoms with Crippen molar-refractivity contribution in [2.75, 3.05) is 5.73 Å². The average molecular weight is 409 g/mol. The quantitative estimate of drug-likeness (QED) is 0.500. The first-order valence-electron chi connectivity index (χ1n) is 9.30. The minimum Gasteiger partial charge on any atom is -0.611 e. The van der Waals surface area contributed by atoms with E-state index >= 15 is 0 Å². The molecule has 1 saturated carbocycles. The first-order valence-corrected chi connectivity index (χ1v) is 11.3. The van der Waals surface area contributed by atoms with Gasteiger partial charge >= 0.3 is 0 Å². The van der Waals surface area contributed by atoms with Crippen LogP contribution in [0.15, 0.2) is 53.0 Å². The molecule has 3 aromatic heterocycles. The summed E-state index contributed by atoms with van der Waals surface area (Å²) in [5, 5.41) is 5.41. The zero-order chi connectivity index (χ0) is 19.3. The van der Waals surface area contributed by atoms with Crippen molar-refractivity contribution in [3.63, 3.8) is 0 Å². The summed E-state index contributed by atoms with van der Waals surface area (Å²) in [4.78, 5) is 5.70. The average Bonchev–Trinajstić information content (AvgIpc) is 3.24. The lowest BCUT2D eigenvalue weighted by Gasteiger charge is -2.27. The number of thiophene rings is 1. The summed E-state index contributed by atoms with van der Waals surface area (Å²) in [5.74, 6) is 0. The lowest BCUT2D eigenvalue weighted by atomic mass is 10.00. The Balaban J connectivity index is 1.74. The van der Waals surface area contributed by atoms with E-state index in [2.05, 4.69) is 23.3 Å². The van der Waals surface area contributed by atoms with E-state index in [0.29, 0.717) is 5.69 Å². The van der Waals surface area contributed by atoms with Crippen molar-refractivity contribution in [2.45, 2.75) is 28.7 Å². The second-order valence-corrected chi connectivity index (χ2v) is 10.1. The van der Waals surface area contributed by atoms with Gasteiger partial charge in [0.15, 0.2) is 0 Å². The van der Waals surface area contributed by atoms with Gasteiger partial charge in [-0.15, -0.1) is 0 Å². The number of pyridine rings is 1. The molecule has 0 amide bonds. The van der Waals surface area contributed by atoms with Crippen molar-refractivity contribution in [3.05, 3.63) is 48.8 Å². The number of hydrogen-bond donors (Lipinski definition) is 1. The first-order chi connectivity index (χ1) is 13.6. The van der Waals surface area contributed by atoms with E-state index in [1.165, 1.54) is 11.3 Å². The molecule has 4 aromatic rings. The van der Waals surface area contributed by atoms with Crippen molar-refractivity contribution in [3.8, 4) is 22.4 Å². The Bertz CT molecular complexity index is 1150. The highest BCUT2D eigenvalue weighted by atomic mass is 32.2. The van der Waals surface area contributed by atoms with Crippen molar-refractivity contribution in [1.29, 1.82) is 0 Å². The molecule has 1 fully saturated rings. The highest BCUT2D eigenvalue weighted by Crippen LogP contribution is 2.45. The van der Waals surface area contributed by atoms with Crippen LogP contribution in [0.5, 0.6) is 0 Å². The van der Waals surface area contributed by atoms with E-state index in [9.17, 15) is 4.55 Å². The Kier molecular flexibility index (Phi) is 4.38. The lowest BCUT2D eigenvalue weighted by Crippen LogP contribution is -2.28. The molecule has 5 rings (SSSR count). The van der Waals surface area contributed by atoms with Crippen LogP contribution in [0.3, 0.4) is 0 Å². The smallest absolute Gasteiger partial charge is 0.232 e. The van der Waals surface area contributed by atoms with E-state index in [1.807, 2.05) is 37.6 Å². The molecule has 0 saturated heterocycles. The van der Waals surface area contributed by atoms with Crippen LogP contribution in [0.1, 0.15) is 19.3 Å². The molecule has 142 valence electrons. The van der Waals surface area contributed by atoms with Crippen LogP contribution in [0.25, 0.3) is 32.6 Å². The number of nitrogen functional groups attached to an aromatic ring is 1. The van der Waals surface area contributed by atoms with Gasteiger partial charge in [0, 0.05) is 35.4 Å². The van der Waals surface area contributed by atoms with Gasteiger partial charge < -0.3 is 10.3 Å². The van der Waals surface area contributed by atoms with E-state index in [-0.39, 0.29) is 5.25 Å². The fourth-order valence-electron chi connectivity index (χ4n) is 3.53. The zero-order valence-corrected chi connectivity index (χ0v) is 17.1. The third-order valence-electron chi connectivity index (χ3n) is 5.29. The van der Waals surface area contributed by atoms with Crippen LogP contribution < -0.4 is 5.73 Å². The van der Waals surface area contributed by atoms with Gasteiger partial charge in [-0.2, -0.15) is 5.10 Å². The van der Waals surface area contributed by atoms with Gasteiger partial charge in [0.25, 0.3) is 0 Å². The van der Waals surface area contributed by atoms with Gasteiger partial charge in [0.2, 0.25) is 4.21 Å². The fourth-order valence-corrected chi connectivity index (χ4v) is 6.74. The van der Waals surface area contributed by atoms with Crippen molar-refractivity contribution >= 4 is 38.4 Å². The Morgan fingerprint density at radius 1 is 1.21 bits per heavy atom. The predicted molar refractivity (Wildman–Crippen MR) is 116 cm³/mol. The summed E-state index contributed by atoms with van der Waals surface area (Å²) in [6, 6.07) is 12.2. The van der Waals surface area contributed by atoms with Crippen molar-refractivity contribution < 1.29 is 4.55 Å². The number of fused-ring (bicyclic) bond motifs is 1. The minimum atomic E-state index is -1.06. The molecule has 2 N–H and O–H groups in total. The van der Waals surface area contributed by atoms with Crippen molar-refractivity contribution in [1.82, 2.24) is 14.8 Å². The highest BCUT2D eigenvalue weighted by Gasteiger charge is 2.35. The van der Waals surface area contributed by atoms with Crippen LogP contribution in [0, 0.1) is 0 Å². The summed E-state index contributed by atoms with van der Waals surface area (Å²) >= 11 is 0.410. The van der Waals surface area contributed by atoms with Crippen LogP contribution in [0.2, 0.25) is 0 Å². The third kappa shape index (κ3) is 2.90. The summed E-state index contributed by atoms with van der Waals surface area (Å²) in [6.45, 7) is 0. The molecule has 1 atom stereocenters. The van der Waals surface area contributed by atoms with Gasteiger partial charge in [-0.25, -0.2) is 4.98 Å². The maximum atomic E-state index is 13.0. The molecule has 1 aliphatic carbocycles. The normalized spacial score (nSPS) is 15.6. The standard InChI is InChI=1S/C21H20N4OS2/c1-25-12-14(11-23-25)17-10-16(13-6-3-2-4-7-13)18-19(22)21(27-20(18)24-17)28(26)15-8-5-9-15/h2-4,6-7,10-12,15H,5,8-9,22H2,1H3. The van der Waals surface area contributed by atoms with Crippen molar-refractivity contribution in [2.24, 2.45) is 7.05 Å². The van der Waals surface area contributed by atoms with E-state index < -0.39 is 11.2 Å². The minimum absolute atomic E-state index is 0.230. The van der Waals surface area contributed by atoms with Crippen LogP contribution in [-0.4, -0.2) is 24.6 Å². The van der Waals surface area contributed by atoms with E-state index in [4.69, 9.17) is 10.7 Å². The molecule has 0 bridgehead atoms. The van der Waals surface area contributed by atoms with Gasteiger partial charge in [0.05, 0.1) is 11.9 Å². The number of anilines is 1. The molecule has 1 aliphatic rings. The summed E-state index contributed by atoms with van der Waals surface area (Å²) in [5.41, 5.74) is 11.1. The second-order valence-electron chi connectivity index (χ2n) is 7.16. The Hall–Kier alpha value is -2.35. The maximum absolute atomic E-state index is 13.0. The Labute approximate surface area is 170 Å². The first kappa shape index (κ1) is 17.7. The second kappa shape index (κ2) is 6.92. The van der Waals surface area contributed by atoms with Gasteiger partial charge in [-0.1, -0.05) is 41.7 Å². The molecule has 7 heteroatoms. The lowest BCUT2D eigenvalue weighted by molar-refractivity contribution is 0.478. The topological polar surface area (TPSA) is 79.8 Å². The Morgan fingerprint density at radius 2 is 2.00 bits per heavy atom. The largest absolute Gasteiger partial charge is 0.611 e. The molecule has 0 radical (unpaired) electrons. The molecule has 1 aromatic carbocycles. The fraction of sp³-hybridized carbons (Fsp3) is 0.238. The van der Waals surface area contributed by atoms with Gasteiger partial charge in [-0.3, -0.25) is 4.68 Å². The molecule has 28 heavy (non-hydrogen) atoms. The number of rotatable bonds is 4. The summed E-state index contributed by atoms with van der Waals surface area (Å²) in [6.07, 6.45) is 6.95. The van der Waals surface area contributed by atoms with Crippen LogP contribution >= 0.6 is 11.3 Å². The molecular formula is C21H20N4OS2. The maximum Gasteiger partial charge on any atom is 0.232 e. The predicted octanol–water partition coefficient (Wildman–Crippen LogP) is 4.61. The number of nitrogens with two attached hydrogens (primary N) is 1. The number of nitrogens with zero attached hydrogens (tertiary/aromatic N) is 3. The highest BCUT2D eigenvalue weighted by molar-refractivity contribution is 7.94. The van der Waals surface area contributed by atoms with E-state index in [1.54, 1.807) is 4.68 Å². The summed E-state index contributed by atoms with van der Waals surface area (Å²) < 4.78 is 15.6. The third-order valence-corrected chi connectivity index (χ3v) is 8.59. The summed E-state index contributed by atoms with van der Waals surface area (Å²) in [7, 11) is 1.89. The number of aromatic nitrogens is 3. The SMILES string of the molecule is Cn1cc(-c2cc(-c3ccccc3)c3c(N)c([S+]([O-])C4CCC4)sc3n2)cn1. The zero-order valence-electron chi connectivity index (χ0n) is 15.5. The van der Waals surface area contributed by atoms with Crippen LogP contribution in [0.4, 0.5) is 5.69 Å². The Morgan fingerprint density at radius 3 is 2.64 bits per heavy atom. The number of aryl methyl sites for hydroxylation is 1. The monoisotopic (exact) mass is 408 g/mol. The van der Waals surface area contributed by atoms with Gasteiger partial charge in [-0.05, 0) is 36.5 Å². The van der Waals surface area contributed by atoms with E-state index in [0.717, 1.165) is 56.1 Å².